The van der Waals surface area contributed by atoms with Crippen LogP contribution < -0.4 is 20.5 Å². The number of nitrogens with one attached hydrogen (secondary N) is 2. The van der Waals surface area contributed by atoms with Gasteiger partial charge in [-0.15, -0.1) is 0 Å². The van der Waals surface area contributed by atoms with E-state index in [1.54, 1.807) is 24.6 Å². The molecule has 3 aromatic heterocycles. The SMILES string of the molecule is Cc1cc([C@@H](C)Nc2ccc(Cl)nc2C(=O)NS(C)(=O)=O)c2nc(N3CCC(c4nc(C)no4)CC3)n(C)c(=O)c2c1. The summed E-state index contributed by atoms with van der Waals surface area (Å²) in [7, 11) is -2.12. The van der Waals surface area contributed by atoms with Gasteiger partial charge in [-0.1, -0.05) is 22.8 Å². The minimum atomic E-state index is -3.83. The lowest BCUT2D eigenvalue weighted by Gasteiger charge is -2.32. The number of fused-ring (bicyclic) bond motifs is 1. The van der Waals surface area contributed by atoms with Crippen molar-refractivity contribution in [1.82, 2.24) is 29.4 Å². The van der Waals surface area contributed by atoms with Crippen molar-refractivity contribution in [2.75, 3.05) is 29.6 Å². The molecule has 1 amide bonds. The molecule has 15 heteroatoms. The van der Waals surface area contributed by atoms with E-state index in [9.17, 15) is 18.0 Å². The molecule has 2 N–H and O–H groups in total. The zero-order valence-electron chi connectivity index (χ0n) is 23.8. The highest BCUT2D eigenvalue weighted by atomic mass is 35.5. The van der Waals surface area contributed by atoms with Crippen molar-refractivity contribution in [2.45, 2.75) is 45.6 Å². The van der Waals surface area contributed by atoms with Crippen LogP contribution in [0.15, 0.2) is 33.6 Å². The zero-order chi connectivity index (χ0) is 30.3. The molecule has 1 aliphatic rings. The third kappa shape index (κ3) is 6.09. The van der Waals surface area contributed by atoms with E-state index in [0.717, 1.165) is 30.2 Å². The van der Waals surface area contributed by atoms with Crippen molar-refractivity contribution in [2.24, 2.45) is 7.05 Å². The second-order valence-corrected chi connectivity index (χ2v) is 12.7. The highest BCUT2D eigenvalue weighted by Gasteiger charge is 2.28. The molecule has 1 fully saturated rings. The fourth-order valence-electron chi connectivity index (χ4n) is 5.21. The molecule has 0 radical (unpaired) electrons. The molecule has 0 aliphatic carbocycles. The van der Waals surface area contributed by atoms with Gasteiger partial charge in [-0.05, 0) is 57.4 Å². The Morgan fingerprint density at radius 2 is 1.86 bits per heavy atom. The number of benzene rings is 1. The zero-order valence-corrected chi connectivity index (χ0v) is 25.4. The van der Waals surface area contributed by atoms with Gasteiger partial charge in [0.25, 0.3) is 11.5 Å². The van der Waals surface area contributed by atoms with E-state index in [1.165, 1.54) is 6.07 Å². The molecule has 42 heavy (non-hydrogen) atoms. The second kappa shape index (κ2) is 11.3. The van der Waals surface area contributed by atoms with Crippen LogP contribution in [0.3, 0.4) is 0 Å². The van der Waals surface area contributed by atoms with Crippen LogP contribution >= 0.6 is 11.6 Å². The number of hydrogen-bond donors (Lipinski definition) is 2. The van der Waals surface area contributed by atoms with E-state index < -0.39 is 22.0 Å². The van der Waals surface area contributed by atoms with Crippen molar-refractivity contribution in [3.63, 3.8) is 0 Å². The quantitative estimate of drug-likeness (QED) is 0.293. The standard InChI is InChI=1S/C27H31ClN8O5S/c1-14-12-18(15(2)29-20-6-7-21(28)31-23(20)24(37)34-42(5,39)40)22-19(13-14)26(38)35(4)27(32-22)36-10-8-17(9-11-36)25-30-16(3)33-41-25/h6-7,12-13,15,17,29H,8-11H2,1-5H3,(H,34,37)/t15-/m1/s1. The minimum Gasteiger partial charge on any atom is -0.377 e. The average Bonchev–Trinajstić information content (AvgIpc) is 3.37. The van der Waals surface area contributed by atoms with Gasteiger partial charge in [0.1, 0.15) is 5.15 Å². The van der Waals surface area contributed by atoms with Crippen molar-refractivity contribution < 1.29 is 17.7 Å². The first-order chi connectivity index (χ1) is 19.8. The number of rotatable bonds is 7. The van der Waals surface area contributed by atoms with E-state index in [1.807, 2.05) is 30.7 Å². The Morgan fingerprint density at radius 3 is 2.50 bits per heavy atom. The fourth-order valence-corrected chi connectivity index (χ4v) is 5.79. The van der Waals surface area contributed by atoms with Gasteiger partial charge < -0.3 is 14.7 Å². The normalized spacial score (nSPS) is 15.1. The average molecular weight is 615 g/mol. The second-order valence-electron chi connectivity index (χ2n) is 10.6. The lowest BCUT2D eigenvalue weighted by Crippen LogP contribution is -2.37. The lowest BCUT2D eigenvalue weighted by atomic mass is 9.97. The molecule has 0 bridgehead atoms. The molecule has 1 aromatic carbocycles. The van der Waals surface area contributed by atoms with E-state index in [2.05, 4.69) is 25.3 Å². The van der Waals surface area contributed by atoms with E-state index >= 15 is 0 Å². The molecule has 13 nitrogen and oxygen atoms in total. The molecule has 1 saturated heterocycles. The monoisotopic (exact) mass is 614 g/mol. The van der Waals surface area contributed by atoms with Gasteiger partial charge in [-0.3, -0.25) is 14.2 Å². The summed E-state index contributed by atoms with van der Waals surface area (Å²) in [6.45, 7) is 6.85. The Hall–Kier alpha value is -4.04. The van der Waals surface area contributed by atoms with Crippen LogP contribution in [0.25, 0.3) is 10.9 Å². The van der Waals surface area contributed by atoms with E-state index in [0.29, 0.717) is 41.7 Å². The number of carbonyl (C=O) groups excluding carboxylic acids is 1. The Bertz CT molecular complexity index is 1850. The first-order valence-corrected chi connectivity index (χ1v) is 15.6. The molecular weight excluding hydrogens is 584 g/mol. The lowest BCUT2D eigenvalue weighted by molar-refractivity contribution is 0.0977. The summed E-state index contributed by atoms with van der Waals surface area (Å²) >= 11 is 6.02. The first kappa shape index (κ1) is 29.5. The number of amides is 1. The fraction of sp³-hybridized carbons (Fsp3) is 0.407. The number of hydrogen-bond acceptors (Lipinski definition) is 11. The maximum atomic E-state index is 13.6. The van der Waals surface area contributed by atoms with E-state index in [-0.39, 0.29) is 28.0 Å². The van der Waals surface area contributed by atoms with E-state index in [4.69, 9.17) is 21.1 Å². The number of aromatic nitrogens is 5. The smallest absolute Gasteiger partial charge is 0.285 e. The van der Waals surface area contributed by atoms with Gasteiger partial charge in [0.05, 0.1) is 28.9 Å². The molecule has 4 heterocycles. The van der Waals surface area contributed by atoms with Gasteiger partial charge in [-0.2, -0.15) is 4.98 Å². The molecule has 0 saturated carbocycles. The molecule has 222 valence electrons. The number of aryl methyl sites for hydroxylation is 2. The van der Waals surface area contributed by atoms with Crippen LogP contribution in [0.1, 0.15) is 65.1 Å². The van der Waals surface area contributed by atoms with Crippen molar-refractivity contribution in [1.29, 1.82) is 0 Å². The maximum Gasteiger partial charge on any atom is 0.285 e. The Morgan fingerprint density at radius 1 is 1.14 bits per heavy atom. The van der Waals surface area contributed by atoms with Gasteiger partial charge in [0, 0.05) is 31.6 Å². The number of sulfonamides is 1. The summed E-state index contributed by atoms with van der Waals surface area (Å²) in [4.78, 5) is 41.8. The van der Waals surface area contributed by atoms with Crippen LogP contribution in [0.5, 0.6) is 0 Å². The summed E-state index contributed by atoms with van der Waals surface area (Å²) in [5.41, 5.74) is 2.02. The van der Waals surface area contributed by atoms with Crippen LogP contribution in [0.2, 0.25) is 5.15 Å². The van der Waals surface area contributed by atoms with Crippen LogP contribution in [-0.4, -0.2) is 58.3 Å². The highest BCUT2D eigenvalue weighted by Crippen LogP contribution is 2.32. The first-order valence-electron chi connectivity index (χ1n) is 13.3. The molecule has 1 atom stereocenters. The highest BCUT2D eigenvalue weighted by molar-refractivity contribution is 7.89. The summed E-state index contributed by atoms with van der Waals surface area (Å²) in [5, 5.41) is 7.63. The number of carbonyl (C=O) groups is 1. The summed E-state index contributed by atoms with van der Waals surface area (Å²) < 4.78 is 32.2. The largest absolute Gasteiger partial charge is 0.377 e. The summed E-state index contributed by atoms with van der Waals surface area (Å²) in [6, 6.07) is 6.32. The predicted molar refractivity (Wildman–Crippen MR) is 159 cm³/mol. The number of pyridine rings is 1. The van der Waals surface area contributed by atoms with Crippen LogP contribution in [-0.2, 0) is 17.1 Å². The molecule has 0 spiro atoms. The van der Waals surface area contributed by atoms with Gasteiger partial charge in [0.2, 0.25) is 21.9 Å². The van der Waals surface area contributed by atoms with Crippen molar-refractivity contribution in [3.8, 4) is 0 Å². The minimum absolute atomic E-state index is 0.0284. The van der Waals surface area contributed by atoms with Crippen LogP contribution in [0, 0.1) is 13.8 Å². The summed E-state index contributed by atoms with van der Waals surface area (Å²) in [5.74, 6) is 1.01. The number of nitrogens with zero attached hydrogens (tertiary/aromatic N) is 6. The third-order valence-corrected chi connectivity index (χ3v) is 7.96. The molecule has 0 unspecified atom stereocenters. The molecular formula is C27H31ClN8O5S. The Balaban J connectivity index is 1.49. The number of piperidine rings is 1. The Kier molecular flexibility index (Phi) is 7.94. The molecule has 5 rings (SSSR count). The number of halogens is 1. The maximum absolute atomic E-state index is 13.6. The summed E-state index contributed by atoms with van der Waals surface area (Å²) in [6.07, 6.45) is 2.43. The van der Waals surface area contributed by atoms with Crippen molar-refractivity contribution in [3.05, 3.63) is 68.3 Å². The Labute approximate surface area is 247 Å². The van der Waals surface area contributed by atoms with Gasteiger partial charge in [-0.25, -0.2) is 23.1 Å². The van der Waals surface area contributed by atoms with Crippen LogP contribution in [0.4, 0.5) is 11.6 Å². The third-order valence-electron chi connectivity index (χ3n) is 7.19. The topological polar surface area (TPSA) is 165 Å². The predicted octanol–water partition coefficient (Wildman–Crippen LogP) is 3.23. The van der Waals surface area contributed by atoms with Gasteiger partial charge in [0.15, 0.2) is 11.5 Å². The molecule has 1 aliphatic heterocycles. The van der Waals surface area contributed by atoms with Gasteiger partial charge >= 0.3 is 0 Å². The number of anilines is 2. The van der Waals surface area contributed by atoms with Crippen molar-refractivity contribution >= 4 is 50.1 Å². The molecule has 4 aromatic rings.